The van der Waals surface area contributed by atoms with Crippen LogP contribution in [0.1, 0.15) is 53.4 Å². The Morgan fingerprint density at radius 3 is 2.28 bits per heavy atom. The Bertz CT molecular complexity index is 385. The van der Waals surface area contributed by atoms with E-state index in [1.165, 1.54) is 32.1 Å². The van der Waals surface area contributed by atoms with E-state index in [0.29, 0.717) is 4.32 Å². The van der Waals surface area contributed by atoms with E-state index < -0.39 is 0 Å². The topological polar surface area (TPSA) is 17.8 Å². The minimum atomic E-state index is 0. The molecule has 3 heteroatoms. The van der Waals surface area contributed by atoms with Gasteiger partial charge in [0.1, 0.15) is 0 Å². The molecule has 2 fully saturated rings. The van der Waals surface area contributed by atoms with Crippen LogP contribution in [0.5, 0.6) is 0 Å². The normalized spacial score (nSPS) is 43.3. The third-order valence-corrected chi connectivity index (χ3v) is 5.45. The van der Waals surface area contributed by atoms with Crippen LogP contribution in [0.25, 0.3) is 0 Å². The molecule has 2 atom stereocenters. The molecule has 0 aliphatic heterocycles. The number of nitrogens with zero attached hydrogens (tertiary/aromatic N) is 2. The van der Waals surface area contributed by atoms with Crippen LogP contribution in [-0.2, 0) is 5.54 Å². The minimum Gasteiger partial charge on any atom is -0.267 e. The van der Waals surface area contributed by atoms with Crippen LogP contribution in [0.2, 0.25) is 0 Å². The van der Waals surface area contributed by atoms with E-state index in [1.807, 2.05) is 6.20 Å². The highest BCUT2D eigenvalue weighted by Crippen LogP contribution is 2.56. The van der Waals surface area contributed by atoms with Gasteiger partial charge in [-0.05, 0) is 50.0 Å². The molecule has 0 saturated heterocycles. The molecule has 18 heavy (non-hydrogen) atoms. The van der Waals surface area contributed by atoms with Gasteiger partial charge in [0, 0.05) is 16.7 Å². The highest BCUT2D eigenvalue weighted by Gasteiger charge is 2.52. The van der Waals surface area contributed by atoms with Crippen molar-refractivity contribution in [2.45, 2.75) is 63.2 Å². The van der Waals surface area contributed by atoms with Gasteiger partial charge in [-0.25, -0.2) is 0 Å². The molecule has 0 aromatic carbocycles. The van der Waals surface area contributed by atoms with Gasteiger partial charge in [0.2, 0.25) is 0 Å². The number of aromatic nitrogens is 2. The molecule has 3 rings (SSSR count). The van der Waals surface area contributed by atoms with Crippen molar-refractivity contribution in [1.82, 2.24) is 9.78 Å². The highest BCUT2D eigenvalue weighted by atomic mass is 79.9. The van der Waals surface area contributed by atoms with Gasteiger partial charge in [-0.2, -0.15) is 5.10 Å². The lowest BCUT2D eigenvalue weighted by Gasteiger charge is -2.54. The highest BCUT2D eigenvalue weighted by molar-refractivity contribution is 9.10. The van der Waals surface area contributed by atoms with Crippen LogP contribution in [0.3, 0.4) is 0 Å². The zero-order chi connectivity index (χ0) is 12.1. The van der Waals surface area contributed by atoms with E-state index in [9.17, 15) is 0 Å². The number of alkyl halides is 1. The number of hydrogen-bond donors (Lipinski definition) is 0. The summed E-state index contributed by atoms with van der Waals surface area (Å²) < 4.78 is 2.60. The summed E-state index contributed by atoms with van der Waals surface area (Å²) in [5.74, 6) is 1.58. The van der Waals surface area contributed by atoms with Crippen molar-refractivity contribution in [3.8, 4) is 0 Å². The van der Waals surface area contributed by atoms with Gasteiger partial charge >= 0.3 is 0 Å². The molecule has 2 aliphatic rings. The predicted molar refractivity (Wildman–Crippen MR) is 80.0 cm³/mol. The molecule has 2 bridgehead atoms. The van der Waals surface area contributed by atoms with E-state index >= 15 is 0 Å². The summed E-state index contributed by atoms with van der Waals surface area (Å²) in [7, 11) is 0. The van der Waals surface area contributed by atoms with Crippen LogP contribution in [0, 0.1) is 11.8 Å². The fourth-order valence-electron chi connectivity index (χ4n) is 4.55. The Hall–Kier alpha value is -0.310. The Morgan fingerprint density at radius 2 is 1.78 bits per heavy atom. The van der Waals surface area contributed by atoms with Crippen LogP contribution in [-0.4, -0.2) is 14.1 Å². The van der Waals surface area contributed by atoms with Crippen molar-refractivity contribution in [2.24, 2.45) is 11.8 Å². The lowest BCUT2D eigenvalue weighted by molar-refractivity contribution is 0.0375. The molecule has 0 N–H and O–H groups in total. The smallest absolute Gasteiger partial charge is 0.0646 e. The number of rotatable bonds is 1. The van der Waals surface area contributed by atoms with Crippen molar-refractivity contribution < 1.29 is 0 Å². The van der Waals surface area contributed by atoms with E-state index in [-0.39, 0.29) is 13.0 Å². The standard InChI is InChI=1S/C14H21BrN2.CH4/c1-11-6-13(15)7-12(2)9-14(8-11,10-13)17-5-3-4-16-17;/h3-5,11-12H,6-10H2,1-2H3;1H4. The zero-order valence-corrected chi connectivity index (χ0v) is 12.3. The molecular formula is C15H25BrN2. The molecule has 2 unspecified atom stereocenters. The van der Waals surface area contributed by atoms with E-state index in [1.54, 1.807) is 0 Å². The van der Waals surface area contributed by atoms with Gasteiger partial charge in [0.25, 0.3) is 0 Å². The molecule has 2 saturated carbocycles. The maximum atomic E-state index is 4.55. The van der Waals surface area contributed by atoms with Gasteiger partial charge in [0.15, 0.2) is 0 Å². The average Bonchev–Trinajstić information content (AvgIpc) is 2.65. The van der Waals surface area contributed by atoms with Crippen molar-refractivity contribution in [3.63, 3.8) is 0 Å². The second-order valence-corrected chi connectivity index (χ2v) is 8.21. The second-order valence-electron chi connectivity index (χ2n) is 6.53. The first-order valence-electron chi connectivity index (χ1n) is 6.70. The molecule has 2 aliphatic carbocycles. The molecule has 0 radical (unpaired) electrons. The lowest BCUT2D eigenvalue weighted by Crippen LogP contribution is -2.52. The first kappa shape index (κ1) is 14.1. The maximum absolute atomic E-state index is 4.55. The first-order chi connectivity index (χ1) is 8.01. The molecule has 102 valence electrons. The lowest BCUT2D eigenvalue weighted by atomic mass is 9.61. The number of halogens is 1. The molecule has 0 spiro atoms. The third kappa shape index (κ3) is 2.26. The number of fused-ring (bicyclic) bond motifs is 2. The SMILES string of the molecule is C.CC1CC2(Br)CC(C)CC(n3cccn3)(C1)C2. The van der Waals surface area contributed by atoms with Crippen molar-refractivity contribution in [1.29, 1.82) is 0 Å². The predicted octanol–water partition coefficient (Wildman–Crippen LogP) is 4.60. The van der Waals surface area contributed by atoms with Crippen molar-refractivity contribution >= 4 is 15.9 Å². The van der Waals surface area contributed by atoms with Gasteiger partial charge in [-0.1, -0.05) is 37.2 Å². The van der Waals surface area contributed by atoms with Gasteiger partial charge in [-0.3, -0.25) is 4.68 Å². The summed E-state index contributed by atoms with van der Waals surface area (Å²) in [4.78, 5) is 0. The molecular weight excluding hydrogens is 288 g/mol. The van der Waals surface area contributed by atoms with Crippen molar-refractivity contribution in [3.05, 3.63) is 18.5 Å². The fraction of sp³-hybridized carbons (Fsp3) is 0.800. The van der Waals surface area contributed by atoms with Crippen LogP contribution < -0.4 is 0 Å². The van der Waals surface area contributed by atoms with Gasteiger partial charge in [0.05, 0.1) is 5.54 Å². The molecule has 2 nitrogen and oxygen atoms in total. The summed E-state index contributed by atoms with van der Waals surface area (Å²) in [5, 5.41) is 4.55. The van der Waals surface area contributed by atoms with Crippen LogP contribution in [0.15, 0.2) is 18.5 Å². The third-order valence-electron chi connectivity index (χ3n) is 4.52. The van der Waals surface area contributed by atoms with E-state index in [4.69, 9.17) is 0 Å². The summed E-state index contributed by atoms with van der Waals surface area (Å²) in [6.45, 7) is 4.78. The summed E-state index contributed by atoms with van der Waals surface area (Å²) >= 11 is 4.05. The molecule has 1 aromatic heterocycles. The molecule has 1 heterocycles. The van der Waals surface area contributed by atoms with E-state index in [2.05, 4.69) is 51.8 Å². The molecule has 1 aromatic rings. The van der Waals surface area contributed by atoms with E-state index in [0.717, 1.165) is 11.8 Å². The minimum absolute atomic E-state index is 0. The Labute approximate surface area is 119 Å². The Balaban J connectivity index is 0.00000120. The van der Waals surface area contributed by atoms with Crippen LogP contribution >= 0.6 is 15.9 Å². The van der Waals surface area contributed by atoms with Crippen molar-refractivity contribution in [2.75, 3.05) is 0 Å². The summed E-state index contributed by atoms with van der Waals surface area (Å²) in [5.41, 5.74) is 0.266. The van der Waals surface area contributed by atoms with Gasteiger partial charge < -0.3 is 0 Å². The Morgan fingerprint density at radius 1 is 1.17 bits per heavy atom. The fourth-order valence-corrected chi connectivity index (χ4v) is 6.18. The summed E-state index contributed by atoms with van der Waals surface area (Å²) in [6.07, 6.45) is 10.5. The quantitative estimate of drug-likeness (QED) is 0.693. The van der Waals surface area contributed by atoms with Crippen LogP contribution in [0.4, 0.5) is 0 Å². The van der Waals surface area contributed by atoms with Gasteiger partial charge in [-0.15, -0.1) is 0 Å². The summed E-state index contributed by atoms with van der Waals surface area (Å²) in [6, 6.07) is 2.06. The number of hydrogen-bond acceptors (Lipinski definition) is 1. The zero-order valence-electron chi connectivity index (χ0n) is 10.7. The second kappa shape index (κ2) is 4.66. The molecule has 0 amide bonds. The average molecular weight is 313 g/mol. The maximum Gasteiger partial charge on any atom is 0.0646 e. The first-order valence-corrected chi connectivity index (χ1v) is 7.50. The largest absolute Gasteiger partial charge is 0.267 e. The Kier molecular flexibility index (Phi) is 3.65. The monoisotopic (exact) mass is 312 g/mol.